The van der Waals surface area contributed by atoms with Gasteiger partial charge in [0, 0.05) is 18.0 Å². The molecule has 0 aliphatic heterocycles. The van der Waals surface area contributed by atoms with Crippen LogP contribution in [0.15, 0.2) is 10.9 Å². The minimum atomic E-state index is 0.639. The summed E-state index contributed by atoms with van der Waals surface area (Å²) in [5.41, 5.74) is 3.10. The predicted molar refractivity (Wildman–Crippen MR) is 69.6 cm³/mol. The predicted octanol–water partition coefficient (Wildman–Crippen LogP) is 3.59. The molecule has 0 saturated heterocycles. The van der Waals surface area contributed by atoms with Gasteiger partial charge in [0.1, 0.15) is 0 Å². The largest absolute Gasteiger partial charge is 0.308 e. The molecule has 1 saturated carbocycles. The number of aromatic nitrogens is 1. The Morgan fingerprint density at radius 1 is 1.38 bits per heavy atom. The van der Waals surface area contributed by atoms with E-state index in [9.17, 15) is 0 Å². The van der Waals surface area contributed by atoms with Crippen molar-refractivity contribution in [1.82, 2.24) is 10.3 Å². The maximum absolute atomic E-state index is 4.31. The summed E-state index contributed by atoms with van der Waals surface area (Å²) in [6.45, 7) is 3.27. The van der Waals surface area contributed by atoms with Crippen LogP contribution in [0.1, 0.15) is 51.1 Å². The highest BCUT2D eigenvalue weighted by molar-refractivity contribution is 7.07. The molecule has 90 valence electrons. The van der Waals surface area contributed by atoms with Crippen LogP contribution in [0, 0.1) is 5.92 Å². The Bertz CT molecular complexity index is 276. The van der Waals surface area contributed by atoms with Gasteiger partial charge < -0.3 is 5.32 Å². The van der Waals surface area contributed by atoms with Crippen LogP contribution in [0.4, 0.5) is 0 Å². The smallest absolute Gasteiger partial charge is 0.0795 e. The molecule has 0 unspecified atom stereocenters. The fraction of sp³-hybridized carbons (Fsp3) is 0.769. The van der Waals surface area contributed by atoms with Crippen LogP contribution in [-0.2, 0) is 6.54 Å². The highest BCUT2D eigenvalue weighted by atomic mass is 32.1. The van der Waals surface area contributed by atoms with Crippen molar-refractivity contribution in [3.8, 4) is 0 Å². The van der Waals surface area contributed by atoms with Gasteiger partial charge in [-0.3, -0.25) is 0 Å². The first-order valence-electron chi connectivity index (χ1n) is 6.46. The molecular weight excluding hydrogens is 216 g/mol. The summed E-state index contributed by atoms with van der Waals surface area (Å²) in [7, 11) is 0. The molecule has 0 radical (unpaired) electrons. The van der Waals surface area contributed by atoms with Crippen LogP contribution >= 0.6 is 11.3 Å². The van der Waals surface area contributed by atoms with E-state index in [-0.39, 0.29) is 0 Å². The number of hydrogen-bond donors (Lipinski definition) is 1. The molecule has 2 nitrogen and oxygen atoms in total. The van der Waals surface area contributed by atoms with Crippen molar-refractivity contribution in [1.29, 1.82) is 0 Å². The van der Waals surface area contributed by atoms with Crippen molar-refractivity contribution in [2.24, 2.45) is 5.92 Å². The molecule has 0 aromatic carbocycles. The summed E-state index contributed by atoms with van der Waals surface area (Å²) >= 11 is 1.68. The monoisotopic (exact) mass is 238 g/mol. The van der Waals surface area contributed by atoms with E-state index < -0.39 is 0 Å². The lowest BCUT2D eigenvalue weighted by Crippen LogP contribution is -2.33. The fourth-order valence-electron chi connectivity index (χ4n) is 2.57. The molecule has 1 heterocycles. The first-order valence-corrected chi connectivity index (χ1v) is 7.41. The molecule has 1 atom stereocenters. The highest BCUT2D eigenvalue weighted by Crippen LogP contribution is 2.25. The van der Waals surface area contributed by atoms with Crippen molar-refractivity contribution in [3.05, 3.63) is 16.6 Å². The van der Waals surface area contributed by atoms with Crippen LogP contribution in [0.25, 0.3) is 0 Å². The summed E-state index contributed by atoms with van der Waals surface area (Å²) in [6, 6.07) is 0.639. The lowest BCUT2D eigenvalue weighted by Gasteiger charge is -2.23. The lowest BCUT2D eigenvalue weighted by atomic mass is 9.93. The average molecular weight is 238 g/mol. The van der Waals surface area contributed by atoms with E-state index in [0.29, 0.717) is 6.04 Å². The molecule has 0 spiro atoms. The molecule has 1 fully saturated rings. The summed E-state index contributed by atoms with van der Waals surface area (Å²) < 4.78 is 0. The molecule has 0 amide bonds. The summed E-state index contributed by atoms with van der Waals surface area (Å²) in [6.07, 6.45) is 8.54. The third-order valence-corrected chi connectivity index (χ3v) is 4.33. The summed E-state index contributed by atoms with van der Waals surface area (Å²) in [5.74, 6) is 0.876. The number of thiazole rings is 1. The van der Waals surface area contributed by atoms with Crippen molar-refractivity contribution in [2.75, 3.05) is 0 Å². The number of rotatable bonds is 4. The van der Waals surface area contributed by atoms with Crippen LogP contribution in [0.5, 0.6) is 0 Å². The second-order valence-electron chi connectivity index (χ2n) is 4.90. The Morgan fingerprint density at radius 3 is 2.75 bits per heavy atom. The quantitative estimate of drug-likeness (QED) is 0.811. The Balaban J connectivity index is 1.75. The highest BCUT2D eigenvalue weighted by Gasteiger charge is 2.18. The van der Waals surface area contributed by atoms with Gasteiger partial charge in [-0.05, 0) is 25.7 Å². The minimum absolute atomic E-state index is 0.639. The van der Waals surface area contributed by atoms with Gasteiger partial charge in [-0.15, -0.1) is 11.3 Å². The Morgan fingerprint density at radius 2 is 2.12 bits per heavy atom. The standard InChI is InChI=1S/C13H22N2S/c1-11(12-6-4-2-3-5-7-12)14-8-13-9-16-10-15-13/h9-12,14H,2-8H2,1H3/t11-/m1/s1. The normalized spacial score (nSPS) is 20.6. The van der Waals surface area contributed by atoms with Crippen LogP contribution in [-0.4, -0.2) is 11.0 Å². The Labute approximate surface area is 102 Å². The van der Waals surface area contributed by atoms with Gasteiger partial charge in [0.25, 0.3) is 0 Å². The minimum Gasteiger partial charge on any atom is -0.308 e. The van der Waals surface area contributed by atoms with E-state index in [1.165, 1.54) is 44.2 Å². The van der Waals surface area contributed by atoms with E-state index in [1.54, 1.807) is 11.3 Å². The second-order valence-corrected chi connectivity index (χ2v) is 5.62. The maximum atomic E-state index is 4.31. The van der Waals surface area contributed by atoms with Crippen LogP contribution < -0.4 is 5.32 Å². The van der Waals surface area contributed by atoms with Crippen LogP contribution in [0.2, 0.25) is 0 Å². The van der Waals surface area contributed by atoms with Crippen molar-refractivity contribution in [2.45, 2.75) is 58.0 Å². The first kappa shape index (κ1) is 12.1. The van der Waals surface area contributed by atoms with Gasteiger partial charge >= 0.3 is 0 Å². The van der Waals surface area contributed by atoms with E-state index in [1.807, 2.05) is 5.51 Å². The zero-order valence-electron chi connectivity index (χ0n) is 10.1. The SMILES string of the molecule is C[C@@H](NCc1cscn1)C1CCCCCC1. The maximum Gasteiger partial charge on any atom is 0.0795 e. The zero-order valence-corrected chi connectivity index (χ0v) is 10.9. The van der Waals surface area contributed by atoms with Crippen molar-refractivity contribution >= 4 is 11.3 Å². The number of hydrogen-bond acceptors (Lipinski definition) is 3. The fourth-order valence-corrected chi connectivity index (χ4v) is 3.13. The third kappa shape index (κ3) is 3.56. The summed E-state index contributed by atoms with van der Waals surface area (Å²) in [4.78, 5) is 4.31. The molecular formula is C13H22N2S. The molecule has 1 N–H and O–H groups in total. The molecule has 3 heteroatoms. The second kappa shape index (κ2) is 6.36. The topological polar surface area (TPSA) is 24.9 Å². The lowest BCUT2D eigenvalue weighted by molar-refractivity contribution is 0.336. The van der Waals surface area contributed by atoms with Crippen molar-refractivity contribution < 1.29 is 0 Å². The number of nitrogens with zero attached hydrogens (tertiary/aromatic N) is 1. The molecule has 1 aliphatic carbocycles. The van der Waals surface area contributed by atoms with Gasteiger partial charge in [-0.2, -0.15) is 0 Å². The van der Waals surface area contributed by atoms with E-state index in [2.05, 4.69) is 22.6 Å². The molecule has 1 aromatic rings. The molecule has 16 heavy (non-hydrogen) atoms. The molecule has 1 aromatic heterocycles. The van der Waals surface area contributed by atoms with E-state index in [4.69, 9.17) is 0 Å². The van der Waals surface area contributed by atoms with Crippen molar-refractivity contribution in [3.63, 3.8) is 0 Å². The van der Waals surface area contributed by atoms with Gasteiger partial charge in [0.15, 0.2) is 0 Å². The summed E-state index contributed by atoms with van der Waals surface area (Å²) in [5, 5.41) is 5.76. The molecule has 1 aliphatic rings. The van der Waals surface area contributed by atoms with Gasteiger partial charge in [0.05, 0.1) is 11.2 Å². The Kier molecular flexibility index (Phi) is 4.79. The van der Waals surface area contributed by atoms with Gasteiger partial charge in [-0.25, -0.2) is 4.98 Å². The third-order valence-electron chi connectivity index (χ3n) is 3.70. The van der Waals surface area contributed by atoms with E-state index >= 15 is 0 Å². The zero-order chi connectivity index (χ0) is 11.2. The first-order chi connectivity index (χ1) is 7.86. The van der Waals surface area contributed by atoms with Gasteiger partial charge in [-0.1, -0.05) is 25.7 Å². The average Bonchev–Trinajstić information content (AvgIpc) is 2.66. The molecule has 0 bridgehead atoms. The Hall–Kier alpha value is -0.410. The number of nitrogens with one attached hydrogen (secondary N) is 1. The van der Waals surface area contributed by atoms with E-state index in [0.717, 1.165) is 12.5 Å². The van der Waals surface area contributed by atoms with Gasteiger partial charge in [0.2, 0.25) is 0 Å². The van der Waals surface area contributed by atoms with Crippen LogP contribution in [0.3, 0.4) is 0 Å². The molecule has 2 rings (SSSR count).